The maximum atomic E-state index is 8.17. The lowest BCUT2D eigenvalue weighted by atomic mass is 10.3. The summed E-state index contributed by atoms with van der Waals surface area (Å²) in [5, 5.41) is 8.17. The zero-order valence-corrected chi connectivity index (χ0v) is 5.36. The molecule has 0 bridgehead atoms. The second-order valence-corrected chi connectivity index (χ2v) is 1.75. The lowest BCUT2D eigenvalue weighted by Gasteiger charge is -1.85. The van der Waals surface area contributed by atoms with Crippen LogP contribution < -0.4 is 0 Å². The van der Waals surface area contributed by atoms with Crippen LogP contribution in [0.4, 0.5) is 0 Å². The van der Waals surface area contributed by atoms with Gasteiger partial charge in [0.15, 0.2) is 0 Å². The fourth-order valence-corrected chi connectivity index (χ4v) is 0.608. The van der Waals surface area contributed by atoms with Crippen LogP contribution in [0.15, 0.2) is 30.6 Å². The van der Waals surface area contributed by atoms with Crippen LogP contribution in [0, 0.1) is 11.3 Å². The smallest absolute Gasteiger partial charge is 0.0912 e. The largest absolute Gasteiger partial charge is 0.264 e. The van der Waals surface area contributed by atoms with E-state index in [-0.39, 0.29) is 0 Å². The number of nitrogens with zero attached hydrogens (tertiary/aromatic N) is 2. The molecule has 0 saturated carbocycles. The molecule has 0 saturated heterocycles. The summed E-state index contributed by atoms with van der Waals surface area (Å²) in [7, 11) is 0. The van der Waals surface area contributed by atoms with E-state index in [1.807, 2.05) is 18.2 Å². The molecule has 1 aromatic rings. The van der Waals surface area contributed by atoms with E-state index in [2.05, 4.69) is 4.98 Å². The van der Waals surface area contributed by atoms with Gasteiger partial charge in [0.1, 0.15) is 0 Å². The molecule has 0 aliphatic carbocycles. The lowest BCUT2D eigenvalue weighted by Crippen LogP contribution is -1.71. The average Bonchev–Trinajstić information content (AvgIpc) is 2.03. The van der Waals surface area contributed by atoms with E-state index in [0.29, 0.717) is 0 Å². The van der Waals surface area contributed by atoms with Crippen molar-refractivity contribution in [1.29, 1.82) is 5.26 Å². The molecule has 0 aliphatic heterocycles. The topological polar surface area (TPSA) is 36.7 Å². The minimum absolute atomic E-state index is 0.948. The lowest BCUT2D eigenvalue weighted by molar-refractivity contribution is 1.32. The van der Waals surface area contributed by atoms with E-state index in [0.717, 1.165) is 5.56 Å². The number of hydrogen-bond donors (Lipinski definition) is 0. The van der Waals surface area contributed by atoms with E-state index in [1.165, 1.54) is 6.08 Å². The molecule has 0 amide bonds. The van der Waals surface area contributed by atoms with E-state index in [9.17, 15) is 0 Å². The van der Waals surface area contributed by atoms with E-state index in [1.54, 1.807) is 18.5 Å². The van der Waals surface area contributed by atoms with Gasteiger partial charge in [0.25, 0.3) is 0 Å². The van der Waals surface area contributed by atoms with Gasteiger partial charge in [-0.25, -0.2) is 0 Å². The van der Waals surface area contributed by atoms with Crippen LogP contribution in [0.3, 0.4) is 0 Å². The van der Waals surface area contributed by atoms with Crippen molar-refractivity contribution in [1.82, 2.24) is 4.98 Å². The first-order valence-electron chi connectivity index (χ1n) is 2.89. The van der Waals surface area contributed by atoms with Crippen LogP contribution in [-0.2, 0) is 0 Å². The Morgan fingerprint density at radius 1 is 1.60 bits per heavy atom. The monoisotopic (exact) mass is 130 g/mol. The van der Waals surface area contributed by atoms with Crippen LogP contribution >= 0.6 is 0 Å². The van der Waals surface area contributed by atoms with Crippen LogP contribution in [-0.4, -0.2) is 4.98 Å². The Morgan fingerprint density at radius 3 is 3.10 bits per heavy atom. The first-order valence-corrected chi connectivity index (χ1v) is 2.89. The van der Waals surface area contributed by atoms with Crippen molar-refractivity contribution in [3.05, 3.63) is 36.2 Å². The van der Waals surface area contributed by atoms with Gasteiger partial charge < -0.3 is 0 Å². The van der Waals surface area contributed by atoms with Gasteiger partial charge in [-0.05, 0) is 17.7 Å². The second-order valence-electron chi connectivity index (χ2n) is 1.75. The average molecular weight is 130 g/mol. The molecule has 10 heavy (non-hydrogen) atoms. The molecule has 2 heteroatoms. The fraction of sp³-hybridized carbons (Fsp3) is 0. The second kappa shape index (κ2) is 3.41. The summed E-state index contributed by atoms with van der Waals surface area (Å²) < 4.78 is 0. The highest BCUT2D eigenvalue weighted by molar-refractivity contribution is 5.49. The Bertz CT molecular complexity index is 256. The number of nitriles is 1. The standard InChI is InChI=1S/C8H6N2/c9-5-1-3-8-4-2-6-10-7-8/h1-4,6-7H. The van der Waals surface area contributed by atoms with Crippen LogP contribution in [0.2, 0.25) is 0 Å². The van der Waals surface area contributed by atoms with Gasteiger partial charge in [0.2, 0.25) is 0 Å². The molecular formula is C8H6N2. The predicted octanol–water partition coefficient (Wildman–Crippen LogP) is 1.62. The summed E-state index contributed by atoms with van der Waals surface area (Å²) in [5.74, 6) is 0. The van der Waals surface area contributed by atoms with Crippen LogP contribution in [0.25, 0.3) is 6.08 Å². The Balaban J connectivity index is 2.79. The van der Waals surface area contributed by atoms with Crippen molar-refractivity contribution < 1.29 is 0 Å². The Hall–Kier alpha value is -1.62. The van der Waals surface area contributed by atoms with Crippen LogP contribution in [0.5, 0.6) is 0 Å². The molecule has 0 radical (unpaired) electrons. The van der Waals surface area contributed by atoms with Crippen molar-refractivity contribution in [2.24, 2.45) is 0 Å². The number of rotatable bonds is 1. The zero-order valence-electron chi connectivity index (χ0n) is 5.36. The highest BCUT2D eigenvalue weighted by atomic mass is 14.6. The molecule has 0 aliphatic rings. The fourth-order valence-electron chi connectivity index (χ4n) is 0.608. The predicted molar refractivity (Wildman–Crippen MR) is 38.9 cm³/mol. The molecule has 0 atom stereocenters. The summed E-state index contributed by atoms with van der Waals surface area (Å²) >= 11 is 0. The quantitative estimate of drug-likeness (QED) is 0.541. The van der Waals surface area contributed by atoms with Gasteiger partial charge in [-0.1, -0.05) is 6.07 Å². The maximum Gasteiger partial charge on any atom is 0.0912 e. The molecule has 1 heterocycles. The number of hydrogen-bond acceptors (Lipinski definition) is 2. The molecule has 1 rings (SSSR count). The normalized spacial score (nSPS) is 9.50. The summed E-state index contributed by atoms with van der Waals surface area (Å²) in [5.41, 5.74) is 0.948. The summed E-state index contributed by atoms with van der Waals surface area (Å²) in [6, 6.07) is 5.63. The molecule has 1 aromatic heterocycles. The molecule has 0 fully saturated rings. The summed E-state index contributed by atoms with van der Waals surface area (Å²) in [4.78, 5) is 3.88. The molecular weight excluding hydrogens is 124 g/mol. The highest BCUT2D eigenvalue weighted by Gasteiger charge is 1.80. The number of aromatic nitrogens is 1. The van der Waals surface area contributed by atoms with Crippen LogP contribution in [0.1, 0.15) is 5.56 Å². The van der Waals surface area contributed by atoms with Crippen molar-refractivity contribution in [3.8, 4) is 6.07 Å². The molecule has 0 N–H and O–H groups in total. The third kappa shape index (κ3) is 1.71. The maximum absolute atomic E-state index is 8.17. The molecule has 2 nitrogen and oxygen atoms in total. The molecule has 0 aromatic carbocycles. The summed E-state index contributed by atoms with van der Waals surface area (Å²) in [6.07, 6.45) is 6.54. The van der Waals surface area contributed by atoms with Crippen molar-refractivity contribution >= 4 is 6.08 Å². The third-order valence-corrected chi connectivity index (χ3v) is 1.03. The molecule has 48 valence electrons. The van der Waals surface area contributed by atoms with Gasteiger partial charge in [0, 0.05) is 18.5 Å². The van der Waals surface area contributed by atoms with Gasteiger partial charge >= 0.3 is 0 Å². The van der Waals surface area contributed by atoms with Gasteiger partial charge in [-0.2, -0.15) is 5.26 Å². The number of pyridine rings is 1. The minimum atomic E-state index is 0.948. The van der Waals surface area contributed by atoms with Gasteiger partial charge in [-0.3, -0.25) is 4.98 Å². The Morgan fingerprint density at radius 2 is 2.50 bits per heavy atom. The van der Waals surface area contributed by atoms with E-state index < -0.39 is 0 Å². The first-order chi connectivity index (χ1) is 4.93. The highest BCUT2D eigenvalue weighted by Crippen LogP contribution is 1.96. The third-order valence-electron chi connectivity index (χ3n) is 1.03. The summed E-state index contributed by atoms with van der Waals surface area (Å²) in [6.45, 7) is 0. The first kappa shape index (κ1) is 6.50. The SMILES string of the molecule is N#CC=Cc1cccnc1. The van der Waals surface area contributed by atoms with Crippen molar-refractivity contribution in [2.45, 2.75) is 0 Å². The Kier molecular flexibility index (Phi) is 2.22. The molecule has 0 spiro atoms. The Labute approximate surface area is 59.4 Å². The van der Waals surface area contributed by atoms with Gasteiger partial charge in [-0.15, -0.1) is 0 Å². The van der Waals surface area contributed by atoms with E-state index in [4.69, 9.17) is 5.26 Å². The minimum Gasteiger partial charge on any atom is -0.264 e. The zero-order chi connectivity index (χ0) is 7.23. The molecule has 0 unspecified atom stereocenters. The van der Waals surface area contributed by atoms with Crippen molar-refractivity contribution in [3.63, 3.8) is 0 Å². The van der Waals surface area contributed by atoms with Gasteiger partial charge in [0.05, 0.1) is 6.07 Å². The number of allylic oxidation sites excluding steroid dienone is 1. The van der Waals surface area contributed by atoms with Crippen molar-refractivity contribution in [2.75, 3.05) is 0 Å². The van der Waals surface area contributed by atoms with E-state index >= 15 is 0 Å².